The lowest BCUT2D eigenvalue weighted by Crippen LogP contribution is -2.33. The summed E-state index contributed by atoms with van der Waals surface area (Å²) in [6, 6.07) is 0. The van der Waals surface area contributed by atoms with Crippen LogP contribution in [-0.4, -0.2) is 17.6 Å². The largest absolute Gasteiger partial charge is 0.379 e. The first kappa shape index (κ1) is 8.80. The van der Waals surface area contributed by atoms with Gasteiger partial charge in [0, 0.05) is 6.08 Å². The van der Waals surface area contributed by atoms with E-state index in [4.69, 9.17) is 0 Å². The van der Waals surface area contributed by atoms with Gasteiger partial charge in [-0.3, -0.25) is 4.74 Å². The van der Waals surface area contributed by atoms with Crippen LogP contribution in [0.3, 0.4) is 0 Å². The number of rotatable bonds is 1. The predicted molar refractivity (Wildman–Crippen MR) is 29.8 cm³/mol. The summed E-state index contributed by atoms with van der Waals surface area (Å²) < 4.78 is 52.1. The quantitative estimate of drug-likeness (QED) is 0.350. The summed E-state index contributed by atoms with van der Waals surface area (Å²) in [5.41, 5.74) is -2.63. The van der Waals surface area contributed by atoms with Crippen molar-refractivity contribution in [3.05, 3.63) is 12.2 Å². The van der Waals surface area contributed by atoms with E-state index in [9.17, 15) is 17.6 Å². The van der Waals surface area contributed by atoms with Crippen LogP contribution >= 0.6 is 11.6 Å². The molecule has 0 bridgehead atoms. The van der Waals surface area contributed by atoms with E-state index in [1.807, 2.05) is 0 Å². The molecule has 0 radical (unpaired) electrons. The van der Waals surface area contributed by atoms with Gasteiger partial charge in [-0.05, 0) is 6.08 Å². The molecule has 0 fully saturated rings. The van der Waals surface area contributed by atoms with Gasteiger partial charge < -0.3 is 0 Å². The van der Waals surface area contributed by atoms with E-state index in [-0.39, 0.29) is 12.2 Å². The molecule has 1 aliphatic heterocycles. The second-order valence-electron chi connectivity index (χ2n) is 2.00. The van der Waals surface area contributed by atoms with Crippen molar-refractivity contribution in [3.63, 3.8) is 0 Å². The topological polar surface area (TPSA) is 9.23 Å². The highest BCUT2D eigenvalue weighted by Crippen LogP contribution is 2.39. The number of ether oxygens (including phenoxy) is 1. The normalized spacial score (nSPS) is 37.5. The molecule has 0 saturated heterocycles. The van der Waals surface area contributed by atoms with Crippen molar-refractivity contribution in [3.8, 4) is 0 Å². The first-order valence-corrected chi connectivity index (χ1v) is 3.05. The van der Waals surface area contributed by atoms with E-state index in [2.05, 4.69) is 16.3 Å². The Hall–Kier alpha value is -0.290. The van der Waals surface area contributed by atoms with Gasteiger partial charge >= 0.3 is 6.11 Å². The molecule has 0 aromatic rings. The Bertz CT molecular complexity index is 193. The fraction of sp³-hybridized carbons (Fsp3) is 0.600. The molecule has 0 aromatic heterocycles. The van der Waals surface area contributed by atoms with Crippen LogP contribution in [0.5, 0.6) is 0 Å². The molecule has 0 spiro atoms. The van der Waals surface area contributed by atoms with Gasteiger partial charge in [0.1, 0.15) is 0 Å². The standard InChI is InChI=1S/C5H3ClF4O/c6-3(7)4(8)1-2-5(9,10)11-4/h1-3H. The molecule has 2 unspecified atom stereocenters. The molecular formula is C5H3ClF4O. The highest BCUT2D eigenvalue weighted by Gasteiger charge is 2.51. The highest BCUT2D eigenvalue weighted by atomic mass is 35.5. The van der Waals surface area contributed by atoms with E-state index in [0.29, 0.717) is 0 Å². The molecular weight excluding hydrogens is 187 g/mol. The zero-order chi connectivity index (χ0) is 8.70. The lowest BCUT2D eigenvalue weighted by atomic mass is 10.3. The van der Waals surface area contributed by atoms with Crippen LogP contribution in [0.1, 0.15) is 0 Å². The molecule has 0 aliphatic carbocycles. The van der Waals surface area contributed by atoms with Crippen molar-refractivity contribution in [2.45, 2.75) is 17.6 Å². The molecule has 0 amide bonds. The summed E-state index contributed by atoms with van der Waals surface area (Å²) in [6.45, 7) is 0. The van der Waals surface area contributed by atoms with Gasteiger partial charge in [0.15, 0.2) is 0 Å². The summed E-state index contributed by atoms with van der Waals surface area (Å²) in [5.74, 6) is -3.20. The number of alkyl halides is 5. The first-order chi connectivity index (χ1) is 4.86. The summed E-state index contributed by atoms with van der Waals surface area (Å²) in [5, 5.41) is 0. The van der Waals surface area contributed by atoms with Gasteiger partial charge in [-0.1, -0.05) is 11.6 Å². The zero-order valence-corrected chi connectivity index (χ0v) is 5.79. The molecule has 64 valence electrons. The molecule has 0 N–H and O–H groups in total. The Morgan fingerprint density at radius 3 is 2.00 bits per heavy atom. The van der Waals surface area contributed by atoms with Crippen molar-refractivity contribution in [1.29, 1.82) is 0 Å². The van der Waals surface area contributed by atoms with Crippen molar-refractivity contribution < 1.29 is 22.3 Å². The average molecular weight is 191 g/mol. The highest BCUT2D eigenvalue weighted by molar-refractivity contribution is 6.20. The minimum atomic E-state index is -3.77. The van der Waals surface area contributed by atoms with E-state index in [1.54, 1.807) is 0 Å². The fourth-order valence-corrected chi connectivity index (χ4v) is 0.722. The lowest BCUT2D eigenvalue weighted by molar-refractivity contribution is -0.279. The lowest BCUT2D eigenvalue weighted by Gasteiger charge is -2.19. The van der Waals surface area contributed by atoms with Crippen LogP contribution in [0.2, 0.25) is 0 Å². The summed E-state index contributed by atoms with van der Waals surface area (Å²) in [7, 11) is 0. The van der Waals surface area contributed by atoms with Crippen molar-refractivity contribution in [1.82, 2.24) is 0 Å². The van der Waals surface area contributed by atoms with Crippen molar-refractivity contribution >= 4 is 11.6 Å². The zero-order valence-electron chi connectivity index (χ0n) is 5.03. The summed E-state index contributed by atoms with van der Waals surface area (Å²) in [6.07, 6.45) is -3.40. The Morgan fingerprint density at radius 1 is 1.27 bits per heavy atom. The van der Waals surface area contributed by atoms with Crippen LogP contribution < -0.4 is 0 Å². The van der Waals surface area contributed by atoms with Crippen molar-refractivity contribution in [2.24, 2.45) is 0 Å². The van der Waals surface area contributed by atoms with Gasteiger partial charge in [0.2, 0.25) is 5.63 Å². The third kappa shape index (κ3) is 1.65. The number of hydrogen-bond acceptors (Lipinski definition) is 1. The Morgan fingerprint density at radius 2 is 1.82 bits per heavy atom. The van der Waals surface area contributed by atoms with E-state index in [1.165, 1.54) is 0 Å². The molecule has 1 nitrogen and oxygen atoms in total. The fourth-order valence-electron chi connectivity index (χ4n) is 0.605. The van der Waals surface area contributed by atoms with Crippen LogP contribution in [0.15, 0.2) is 12.2 Å². The monoisotopic (exact) mass is 190 g/mol. The minimum absolute atomic E-state index is 0.113. The molecule has 6 heteroatoms. The number of halogens is 5. The maximum Gasteiger partial charge on any atom is 0.379 e. The summed E-state index contributed by atoms with van der Waals surface area (Å²) >= 11 is 4.60. The Kier molecular flexibility index (Phi) is 1.88. The molecule has 0 aromatic carbocycles. The second kappa shape index (κ2) is 2.35. The third-order valence-electron chi connectivity index (χ3n) is 1.09. The predicted octanol–water partition coefficient (Wildman–Crippen LogP) is 2.37. The van der Waals surface area contributed by atoms with Crippen LogP contribution in [0.25, 0.3) is 0 Å². The molecule has 2 atom stereocenters. The van der Waals surface area contributed by atoms with Crippen LogP contribution in [0, 0.1) is 0 Å². The smallest absolute Gasteiger partial charge is 0.271 e. The number of hydrogen-bond donors (Lipinski definition) is 0. The van der Waals surface area contributed by atoms with Crippen LogP contribution in [0.4, 0.5) is 17.6 Å². The van der Waals surface area contributed by atoms with Gasteiger partial charge in [-0.25, -0.2) is 8.78 Å². The molecule has 11 heavy (non-hydrogen) atoms. The Balaban J connectivity index is 2.76. The van der Waals surface area contributed by atoms with Gasteiger partial charge in [-0.2, -0.15) is 8.78 Å². The Labute approximate surface area is 64.6 Å². The molecule has 0 saturated carbocycles. The van der Waals surface area contributed by atoms with Gasteiger partial charge in [0.25, 0.3) is 5.85 Å². The van der Waals surface area contributed by atoms with E-state index >= 15 is 0 Å². The molecule has 1 heterocycles. The maximum absolute atomic E-state index is 12.6. The van der Waals surface area contributed by atoms with Gasteiger partial charge in [0.05, 0.1) is 0 Å². The first-order valence-electron chi connectivity index (χ1n) is 2.61. The summed E-state index contributed by atoms with van der Waals surface area (Å²) in [4.78, 5) is 0. The maximum atomic E-state index is 12.6. The average Bonchev–Trinajstić information content (AvgIpc) is 2.08. The van der Waals surface area contributed by atoms with Gasteiger partial charge in [-0.15, -0.1) is 0 Å². The van der Waals surface area contributed by atoms with E-state index < -0.39 is 17.6 Å². The third-order valence-corrected chi connectivity index (χ3v) is 1.39. The van der Waals surface area contributed by atoms with Crippen LogP contribution in [-0.2, 0) is 4.74 Å². The SMILES string of the molecule is FC(Cl)C1(F)C=CC(F)(F)O1. The minimum Gasteiger partial charge on any atom is -0.271 e. The molecule has 1 rings (SSSR count). The van der Waals surface area contributed by atoms with E-state index in [0.717, 1.165) is 0 Å². The second-order valence-corrected chi connectivity index (χ2v) is 2.38. The van der Waals surface area contributed by atoms with Crippen molar-refractivity contribution in [2.75, 3.05) is 0 Å². The molecule has 1 aliphatic rings.